The summed E-state index contributed by atoms with van der Waals surface area (Å²) < 4.78 is 5.87. The molecule has 0 bridgehead atoms. The molecule has 2 saturated carbocycles. The van der Waals surface area contributed by atoms with Crippen LogP contribution in [-0.4, -0.2) is 113 Å². The van der Waals surface area contributed by atoms with E-state index in [4.69, 9.17) is 20.4 Å². The zero-order valence-electron chi connectivity index (χ0n) is 38.2. The highest BCUT2D eigenvalue weighted by Crippen LogP contribution is 2.56. The van der Waals surface area contributed by atoms with E-state index in [2.05, 4.69) is 27.4 Å². The summed E-state index contributed by atoms with van der Waals surface area (Å²) in [4.78, 5) is 82.9. The highest BCUT2D eigenvalue weighted by atomic mass is 16.5. The summed E-state index contributed by atoms with van der Waals surface area (Å²) in [6.45, 7) is 5.38. The lowest BCUT2D eigenvalue weighted by Gasteiger charge is -2.60. The lowest BCUT2D eigenvalue weighted by molar-refractivity contribution is -0.139. The van der Waals surface area contributed by atoms with Crippen LogP contribution in [0, 0.1) is 24.2 Å². The molecule has 1 aromatic heterocycles. The quantitative estimate of drug-likeness (QED) is 0.173. The minimum atomic E-state index is -1.63. The van der Waals surface area contributed by atoms with E-state index in [1.54, 1.807) is 48.4 Å². The molecule has 4 fully saturated rings. The first-order valence-electron chi connectivity index (χ1n) is 23.3. The van der Waals surface area contributed by atoms with E-state index in [-0.39, 0.29) is 48.2 Å². The number of carbonyl (C=O) groups is 5. The largest absolute Gasteiger partial charge is 0.500 e. The molecular weight excluding hydrogens is 827 g/mol. The summed E-state index contributed by atoms with van der Waals surface area (Å²) >= 11 is 0. The van der Waals surface area contributed by atoms with Crippen molar-refractivity contribution in [1.82, 2.24) is 25.5 Å². The Morgan fingerprint density at radius 3 is 2.54 bits per heavy atom. The zero-order valence-corrected chi connectivity index (χ0v) is 38.2. The maximum Gasteiger partial charge on any atom is 0.328 e. The smallest absolute Gasteiger partial charge is 0.328 e. The number of fused-ring (bicyclic) bond motifs is 1. The maximum absolute atomic E-state index is 14.7. The molecule has 5 N–H and O–H groups in total. The molecule has 1 spiro atoms. The second-order valence-electron chi connectivity index (χ2n) is 18.9. The monoisotopic (exact) mass is 889 g/mol. The third-order valence-corrected chi connectivity index (χ3v) is 14.9. The maximum atomic E-state index is 14.7. The molecule has 3 unspecified atom stereocenters. The van der Waals surface area contributed by atoms with E-state index < -0.39 is 28.9 Å². The lowest BCUT2D eigenvalue weighted by Crippen LogP contribution is -2.69. The van der Waals surface area contributed by atoms with Crippen molar-refractivity contribution in [3.8, 4) is 11.8 Å². The number of ether oxygens (including phenoxy) is 1. The number of urea groups is 1. The minimum Gasteiger partial charge on any atom is -0.500 e. The Labute approximate surface area is 381 Å². The second-order valence-corrected chi connectivity index (χ2v) is 18.9. The molecule has 4 heterocycles. The van der Waals surface area contributed by atoms with Crippen LogP contribution < -0.4 is 31.1 Å². The molecule has 0 radical (unpaired) electrons. The van der Waals surface area contributed by atoms with Gasteiger partial charge in [0.05, 0.1) is 13.3 Å². The number of carbonyl (C=O) groups excluding carboxylic acids is 5. The van der Waals surface area contributed by atoms with Gasteiger partial charge in [-0.25, -0.2) is 14.8 Å². The molecule has 3 aliphatic heterocycles. The van der Waals surface area contributed by atoms with Crippen molar-refractivity contribution in [3.05, 3.63) is 65.3 Å². The van der Waals surface area contributed by atoms with E-state index in [1.807, 2.05) is 36.9 Å². The van der Waals surface area contributed by atoms with Crippen molar-refractivity contribution in [2.45, 2.75) is 133 Å². The third kappa shape index (κ3) is 8.72. The van der Waals surface area contributed by atoms with Crippen LogP contribution in [0.15, 0.2) is 48.4 Å². The van der Waals surface area contributed by atoms with Crippen molar-refractivity contribution in [2.24, 2.45) is 11.1 Å². The Bertz CT molecular complexity index is 2330. The van der Waals surface area contributed by atoms with Crippen LogP contribution in [0.4, 0.5) is 22.0 Å². The van der Waals surface area contributed by atoms with Gasteiger partial charge in [-0.15, -0.1) is 0 Å². The number of hydrogen-bond acceptors (Lipinski definition) is 11. The Kier molecular flexibility index (Phi) is 13.1. The van der Waals surface area contributed by atoms with Gasteiger partial charge in [-0.3, -0.25) is 29.4 Å². The third-order valence-electron chi connectivity index (χ3n) is 14.9. The van der Waals surface area contributed by atoms with Gasteiger partial charge in [0.25, 0.3) is 0 Å². The van der Waals surface area contributed by atoms with Gasteiger partial charge in [0.2, 0.25) is 23.6 Å². The Hall–Kier alpha value is -5.79. The molecular formula is C49H63N9O7. The van der Waals surface area contributed by atoms with Gasteiger partial charge in [-0.05, 0) is 93.9 Å². The van der Waals surface area contributed by atoms with E-state index in [9.17, 15) is 29.1 Å². The fraction of sp³-hybridized carbons (Fsp3) is 0.571. The number of benzene rings is 1. The summed E-state index contributed by atoms with van der Waals surface area (Å²) in [6, 6.07) is 4.98. The highest BCUT2D eigenvalue weighted by Gasteiger charge is 2.58. The number of hydrogen-bond donors (Lipinski definition) is 4. The normalized spacial score (nSPS) is 24.8. The molecule has 2 aromatic rings. The number of nitrogens with one attached hydrogen (secondary N) is 2. The fourth-order valence-electron chi connectivity index (χ4n) is 11.3. The minimum absolute atomic E-state index is 0.0137. The standard InChI is InChI=1S/C49H63N9O7/c1-5-35-44(62)55(3)37-29-51-42(53-43(37)58(35)34-15-9-10-16-34)41-38(65-4)18-12-21-49(41,50)45(63)54-48(24-28-59)30-47(31-48)22-26-56(27-23-47)40(61)19-8-6-7-13-33-14-11-17-36(32(33)2)57-25-20-39(60)52-46(57)64/h11-12,14,17-18,21,29,34-35,41,59H,5-6,8-10,15-16,19-20,22-28,30-31,50H2,1-4H3,(H,54,63)(H,52,60,64). The number of imide groups is 1. The van der Waals surface area contributed by atoms with Crippen LogP contribution >= 0.6 is 0 Å². The molecule has 2 saturated heterocycles. The van der Waals surface area contributed by atoms with Gasteiger partial charge in [0.1, 0.15) is 34.8 Å². The molecule has 6 aliphatic rings. The predicted octanol–water partition coefficient (Wildman–Crippen LogP) is 4.48. The number of nitrogens with zero attached hydrogens (tertiary/aromatic N) is 6. The van der Waals surface area contributed by atoms with Crippen LogP contribution in [0.5, 0.6) is 0 Å². The lowest BCUT2D eigenvalue weighted by atomic mass is 9.52. The molecule has 16 nitrogen and oxygen atoms in total. The number of likely N-dealkylation sites (N-methyl/N-ethyl adjacent to an activating group) is 1. The van der Waals surface area contributed by atoms with Gasteiger partial charge in [0, 0.05) is 75.4 Å². The Morgan fingerprint density at radius 2 is 1.85 bits per heavy atom. The fourth-order valence-corrected chi connectivity index (χ4v) is 11.3. The second kappa shape index (κ2) is 18.6. The van der Waals surface area contributed by atoms with Crippen molar-refractivity contribution in [1.29, 1.82) is 0 Å². The number of aromatic nitrogens is 2. The number of aliphatic hydroxyl groups excluding tert-OH is 1. The number of methoxy groups -OCH3 is 1. The molecule has 346 valence electrons. The number of unbranched alkanes of at least 4 members (excludes halogenated alkanes) is 1. The van der Waals surface area contributed by atoms with Crippen LogP contribution in [0.2, 0.25) is 0 Å². The van der Waals surface area contributed by atoms with Gasteiger partial charge in [0.15, 0.2) is 5.82 Å². The van der Waals surface area contributed by atoms with Crippen molar-refractivity contribution in [2.75, 3.05) is 55.1 Å². The summed E-state index contributed by atoms with van der Waals surface area (Å²) in [5, 5.41) is 16.0. The highest BCUT2D eigenvalue weighted by molar-refractivity contribution is 6.06. The molecule has 8 rings (SSSR count). The molecule has 3 atom stereocenters. The molecule has 3 aliphatic carbocycles. The van der Waals surface area contributed by atoms with E-state index in [1.165, 1.54) is 0 Å². The topological polar surface area (TPSA) is 204 Å². The van der Waals surface area contributed by atoms with Gasteiger partial charge in [-0.2, -0.15) is 0 Å². The summed E-state index contributed by atoms with van der Waals surface area (Å²) in [6.07, 6.45) is 16.7. The number of aliphatic hydroxyl groups is 1. The van der Waals surface area contributed by atoms with Crippen LogP contribution in [-0.2, 0) is 23.9 Å². The van der Waals surface area contributed by atoms with Crippen molar-refractivity contribution in [3.63, 3.8) is 0 Å². The van der Waals surface area contributed by atoms with E-state index >= 15 is 0 Å². The Balaban J connectivity index is 0.891. The molecule has 16 heteroatoms. The number of rotatable bonds is 12. The molecule has 65 heavy (non-hydrogen) atoms. The van der Waals surface area contributed by atoms with Crippen LogP contribution in [0.3, 0.4) is 0 Å². The number of piperidine rings is 1. The first-order valence-corrected chi connectivity index (χ1v) is 23.3. The first-order chi connectivity index (χ1) is 31.3. The zero-order chi connectivity index (χ0) is 46.1. The first kappa shape index (κ1) is 45.8. The van der Waals surface area contributed by atoms with E-state index in [0.717, 1.165) is 55.3 Å². The number of allylic oxidation sites excluding steroid dienone is 2. The number of nitrogens with two attached hydrogens (primary N) is 1. The Morgan fingerprint density at radius 1 is 1.09 bits per heavy atom. The number of anilines is 3. The summed E-state index contributed by atoms with van der Waals surface area (Å²) in [5.74, 6) is 6.40. The van der Waals surface area contributed by atoms with Gasteiger partial charge in [-0.1, -0.05) is 49.8 Å². The van der Waals surface area contributed by atoms with Crippen LogP contribution in [0.25, 0.3) is 0 Å². The van der Waals surface area contributed by atoms with Crippen LogP contribution in [0.1, 0.15) is 120 Å². The van der Waals surface area contributed by atoms with E-state index in [0.29, 0.717) is 87.7 Å². The molecule has 6 amide bonds. The van der Waals surface area contributed by atoms with Crippen molar-refractivity contribution >= 4 is 46.9 Å². The average Bonchev–Trinajstić information content (AvgIpc) is 3.82. The van der Waals surface area contributed by atoms with Gasteiger partial charge >= 0.3 is 6.03 Å². The SMILES string of the molecule is CCC1C(=O)N(C)c2cnc(C3C(OC)=CC=CC3(N)C(=O)NC3(CCO)CC4(CCN(C(=O)CCCC#Cc5cccc(N6CCC(=O)NC6=O)c5C)CC4)C3)nc2N1C1CCCC1. The average molecular weight is 890 g/mol. The number of likely N-dealkylation sites (tertiary alicyclic amines) is 1. The van der Waals surface area contributed by atoms with Gasteiger partial charge < -0.3 is 35.6 Å². The number of amides is 6. The molecule has 1 aromatic carbocycles. The predicted molar refractivity (Wildman–Crippen MR) is 246 cm³/mol. The summed E-state index contributed by atoms with van der Waals surface area (Å²) in [7, 11) is 3.30. The van der Waals surface area contributed by atoms with Crippen molar-refractivity contribution < 1.29 is 33.8 Å². The summed E-state index contributed by atoms with van der Waals surface area (Å²) in [5.41, 5.74) is 7.83.